The lowest BCUT2D eigenvalue weighted by Gasteiger charge is -2.11. The zero-order valence-corrected chi connectivity index (χ0v) is 9.02. The summed E-state index contributed by atoms with van der Waals surface area (Å²) in [7, 11) is 0. The number of nitrogens with one attached hydrogen (secondary N) is 1. The SMILES string of the molecule is N#CC1CCC(NC(=O)c2ccccc2)C1. The lowest BCUT2D eigenvalue weighted by molar-refractivity contribution is 0.0937. The van der Waals surface area contributed by atoms with Gasteiger partial charge in [-0.25, -0.2) is 0 Å². The van der Waals surface area contributed by atoms with E-state index < -0.39 is 0 Å². The number of nitriles is 1. The largest absolute Gasteiger partial charge is 0.349 e. The van der Waals surface area contributed by atoms with Crippen LogP contribution in [0.1, 0.15) is 29.6 Å². The van der Waals surface area contributed by atoms with Gasteiger partial charge in [-0.2, -0.15) is 5.26 Å². The Morgan fingerprint density at radius 3 is 2.69 bits per heavy atom. The van der Waals surface area contributed by atoms with Crippen LogP contribution in [0.25, 0.3) is 0 Å². The van der Waals surface area contributed by atoms with Crippen LogP contribution in [0.4, 0.5) is 0 Å². The molecule has 1 aromatic rings. The molecule has 2 atom stereocenters. The van der Waals surface area contributed by atoms with Crippen molar-refractivity contribution in [2.75, 3.05) is 0 Å². The van der Waals surface area contributed by atoms with Crippen LogP contribution in [0.5, 0.6) is 0 Å². The molecule has 82 valence electrons. The van der Waals surface area contributed by atoms with Crippen molar-refractivity contribution in [3.05, 3.63) is 35.9 Å². The van der Waals surface area contributed by atoms with Crippen LogP contribution < -0.4 is 5.32 Å². The number of hydrogen-bond acceptors (Lipinski definition) is 2. The Bertz CT molecular complexity index is 408. The summed E-state index contributed by atoms with van der Waals surface area (Å²) in [5.41, 5.74) is 0.683. The van der Waals surface area contributed by atoms with Crippen LogP contribution in [0.15, 0.2) is 30.3 Å². The maximum atomic E-state index is 11.8. The molecule has 0 spiro atoms. The fourth-order valence-corrected chi connectivity index (χ4v) is 2.09. The molecule has 1 aromatic carbocycles. The molecule has 1 saturated carbocycles. The molecule has 0 aromatic heterocycles. The third-order valence-corrected chi connectivity index (χ3v) is 2.99. The number of rotatable bonds is 2. The standard InChI is InChI=1S/C13H14N2O/c14-9-10-6-7-12(8-10)15-13(16)11-4-2-1-3-5-11/h1-5,10,12H,6-8H2,(H,15,16). The lowest BCUT2D eigenvalue weighted by atomic mass is 10.1. The maximum absolute atomic E-state index is 11.8. The van der Waals surface area contributed by atoms with E-state index in [2.05, 4.69) is 11.4 Å². The molecule has 1 aliphatic rings. The van der Waals surface area contributed by atoms with Gasteiger partial charge in [-0.05, 0) is 31.4 Å². The average molecular weight is 214 g/mol. The molecule has 0 bridgehead atoms. The average Bonchev–Trinajstić information content (AvgIpc) is 2.78. The Morgan fingerprint density at radius 2 is 2.06 bits per heavy atom. The van der Waals surface area contributed by atoms with E-state index in [-0.39, 0.29) is 17.9 Å². The highest BCUT2D eigenvalue weighted by Crippen LogP contribution is 2.24. The summed E-state index contributed by atoms with van der Waals surface area (Å²) in [6.45, 7) is 0. The van der Waals surface area contributed by atoms with E-state index in [1.54, 1.807) is 12.1 Å². The summed E-state index contributed by atoms with van der Waals surface area (Å²) in [5, 5.41) is 11.7. The van der Waals surface area contributed by atoms with Crippen molar-refractivity contribution < 1.29 is 4.79 Å². The second kappa shape index (κ2) is 4.80. The molecule has 0 aliphatic heterocycles. The molecule has 1 fully saturated rings. The van der Waals surface area contributed by atoms with Gasteiger partial charge in [0.05, 0.1) is 6.07 Å². The van der Waals surface area contributed by atoms with Crippen LogP contribution in [0, 0.1) is 17.2 Å². The normalized spacial score (nSPS) is 23.7. The highest BCUT2D eigenvalue weighted by Gasteiger charge is 2.25. The van der Waals surface area contributed by atoms with Crippen molar-refractivity contribution in [3.8, 4) is 6.07 Å². The minimum Gasteiger partial charge on any atom is -0.349 e. The van der Waals surface area contributed by atoms with Gasteiger partial charge < -0.3 is 5.32 Å². The maximum Gasteiger partial charge on any atom is 0.251 e. The van der Waals surface area contributed by atoms with Gasteiger partial charge in [0.2, 0.25) is 0 Å². The molecule has 1 amide bonds. The van der Waals surface area contributed by atoms with Crippen LogP contribution >= 0.6 is 0 Å². The first-order valence-corrected chi connectivity index (χ1v) is 5.55. The quantitative estimate of drug-likeness (QED) is 0.819. The first kappa shape index (κ1) is 10.7. The second-order valence-electron chi connectivity index (χ2n) is 4.18. The molecule has 1 aliphatic carbocycles. The van der Waals surface area contributed by atoms with E-state index in [4.69, 9.17) is 5.26 Å². The molecular formula is C13H14N2O. The van der Waals surface area contributed by atoms with Crippen molar-refractivity contribution in [2.24, 2.45) is 5.92 Å². The number of amides is 1. The monoisotopic (exact) mass is 214 g/mol. The van der Waals surface area contributed by atoms with E-state index in [0.717, 1.165) is 19.3 Å². The minimum absolute atomic E-state index is 0.0378. The number of nitrogens with zero attached hydrogens (tertiary/aromatic N) is 1. The smallest absolute Gasteiger partial charge is 0.251 e. The van der Waals surface area contributed by atoms with Gasteiger partial charge in [0.15, 0.2) is 0 Å². The molecule has 0 saturated heterocycles. The summed E-state index contributed by atoms with van der Waals surface area (Å²) in [6.07, 6.45) is 2.60. The number of carbonyl (C=O) groups is 1. The minimum atomic E-state index is -0.0378. The van der Waals surface area contributed by atoms with Crippen molar-refractivity contribution in [2.45, 2.75) is 25.3 Å². The van der Waals surface area contributed by atoms with E-state index >= 15 is 0 Å². The number of benzene rings is 1. The molecule has 16 heavy (non-hydrogen) atoms. The summed E-state index contributed by atoms with van der Waals surface area (Å²) in [4.78, 5) is 11.8. The topological polar surface area (TPSA) is 52.9 Å². The Balaban J connectivity index is 1.92. The summed E-state index contributed by atoms with van der Waals surface area (Å²) in [5.74, 6) is 0.0743. The lowest BCUT2D eigenvalue weighted by Crippen LogP contribution is -2.32. The Hall–Kier alpha value is -1.82. The molecule has 0 radical (unpaired) electrons. The Morgan fingerprint density at radius 1 is 1.31 bits per heavy atom. The van der Waals surface area contributed by atoms with Gasteiger partial charge >= 0.3 is 0 Å². The summed E-state index contributed by atoms with van der Waals surface area (Å²) in [6, 6.07) is 11.6. The molecule has 1 N–H and O–H groups in total. The first-order valence-electron chi connectivity index (χ1n) is 5.55. The summed E-state index contributed by atoms with van der Waals surface area (Å²) < 4.78 is 0. The zero-order chi connectivity index (χ0) is 11.4. The molecule has 2 rings (SSSR count). The van der Waals surface area contributed by atoms with E-state index in [9.17, 15) is 4.79 Å². The predicted molar refractivity (Wildman–Crippen MR) is 60.7 cm³/mol. The van der Waals surface area contributed by atoms with Crippen molar-refractivity contribution >= 4 is 5.91 Å². The molecule has 3 nitrogen and oxygen atoms in total. The van der Waals surface area contributed by atoms with Gasteiger partial charge in [-0.3, -0.25) is 4.79 Å². The highest BCUT2D eigenvalue weighted by molar-refractivity contribution is 5.94. The van der Waals surface area contributed by atoms with Gasteiger partial charge in [0, 0.05) is 17.5 Å². The summed E-state index contributed by atoms with van der Waals surface area (Å²) >= 11 is 0. The van der Waals surface area contributed by atoms with E-state index in [1.165, 1.54) is 0 Å². The van der Waals surface area contributed by atoms with Crippen molar-refractivity contribution in [1.29, 1.82) is 5.26 Å². The fourth-order valence-electron chi connectivity index (χ4n) is 2.09. The van der Waals surface area contributed by atoms with E-state index in [0.29, 0.717) is 5.56 Å². The van der Waals surface area contributed by atoms with Crippen molar-refractivity contribution in [1.82, 2.24) is 5.32 Å². The van der Waals surface area contributed by atoms with Crippen LogP contribution in [-0.4, -0.2) is 11.9 Å². The Labute approximate surface area is 95.1 Å². The van der Waals surface area contributed by atoms with Gasteiger partial charge in [0.1, 0.15) is 0 Å². The molecule has 3 heteroatoms. The number of hydrogen-bond donors (Lipinski definition) is 1. The molecule has 0 heterocycles. The second-order valence-corrected chi connectivity index (χ2v) is 4.18. The first-order chi connectivity index (χ1) is 7.79. The Kier molecular flexibility index (Phi) is 3.21. The third-order valence-electron chi connectivity index (χ3n) is 2.99. The number of carbonyl (C=O) groups excluding carboxylic acids is 1. The predicted octanol–water partition coefficient (Wildman–Crippen LogP) is 2.11. The van der Waals surface area contributed by atoms with Gasteiger partial charge in [0.25, 0.3) is 5.91 Å². The van der Waals surface area contributed by atoms with Crippen LogP contribution in [-0.2, 0) is 0 Å². The van der Waals surface area contributed by atoms with Crippen LogP contribution in [0.2, 0.25) is 0 Å². The van der Waals surface area contributed by atoms with Crippen LogP contribution in [0.3, 0.4) is 0 Å². The van der Waals surface area contributed by atoms with E-state index in [1.807, 2.05) is 18.2 Å². The molecule has 2 unspecified atom stereocenters. The fraction of sp³-hybridized carbons (Fsp3) is 0.385. The van der Waals surface area contributed by atoms with Gasteiger partial charge in [-0.15, -0.1) is 0 Å². The van der Waals surface area contributed by atoms with Gasteiger partial charge in [-0.1, -0.05) is 18.2 Å². The van der Waals surface area contributed by atoms with Crippen molar-refractivity contribution in [3.63, 3.8) is 0 Å². The third kappa shape index (κ3) is 2.40. The highest BCUT2D eigenvalue weighted by atomic mass is 16.1. The zero-order valence-electron chi connectivity index (χ0n) is 9.02. The molecular weight excluding hydrogens is 200 g/mol.